The van der Waals surface area contributed by atoms with Crippen LogP contribution in [0.3, 0.4) is 0 Å². The lowest BCUT2D eigenvalue weighted by molar-refractivity contribution is -0.118. The van der Waals surface area contributed by atoms with Crippen LogP contribution in [-0.2, 0) is 11.3 Å². The second-order valence-electron chi connectivity index (χ2n) is 6.30. The van der Waals surface area contributed by atoms with Gasteiger partial charge in [0, 0.05) is 11.6 Å². The molecule has 0 radical (unpaired) electrons. The number of thiophene rings is 1. The SMILES string of the molecule is NC(=O)Cn1cnc(C(NC(=O)c2ccsc2)C2CCCCC2)c1. The van der Waals surface area contributed by atoms with E-state index in [1.165, 1.54) is 30.6 Å². The van der Waals surface area contributed by atoms with E-state index in [-0.39, 0.29) is 18.5 Å². The molecule has 6 nitrogen and oxygen atoms in total. The van der Waals surface area contributed by atoms with Crippen molar-refractivity contribution >= 4 is 23.2 Å². The number of rotatable bonds is 6. The van der Waals surface area contributed by atoms with Gasteiger partial charge in [-0.25, -0.2) is 4.98 Å². The maximum absolute atomic E-state index is 12.5. The van der Waals surface area contributed by atoms with E-state index in [0.29, 0.717) is 11.5 Å². The molecule has 24 heavy (non-hydrogen) atoms. The van der Waals surface area contributed by atoms with Gasteiger partial charge in [0.1, 0.15) is 6.54 Å². The van der Waals surface area contributed by atoms with Crippen molar-refractivity contribution in [3.63, 3.8) is 0 Å². The molecule has 3 rings (SSSR count). The molecule has 2 aromatic rings. The Balaban J connectivity index is 1.79. The Kier molecular flexibility index (Phi) is 5.30. The molecule has 0 spiro atoms. The minimum atomic E-state index is -0.407. The second-order valence-corrected chi connectivity index (χ2v) is 7.08. The first-order chi connectivity index (χ1) is 11.6. The van der Waals surface area contributed by atoms with Gasteiger partial charge < -0.3 is 15.6 Å². The number of aromatic nitrogens is 2. The van der Waals surface area contributed by atoms with Crippen LogP contribution in [0.4, 0.5) is 0 Å². The fourth-order valence-corrected chi connectivity index (χ4v) is 3.96. The number of imidazole rings is 1. The Hall–Kier alpha value is -2.15. The standard InChI is InChI=1S/C17H22N4O2S/c18-15(22)9-21-8-14(19-11-21)16(12-4-2-1-3-5-12)20-17(23)13-6-7-24-10-13/h6-8,10-12,16H,1-5,9H2,(H2,18,22)(H,20,23). The smallest absolute Gasteiger partial charge is 0.252 e. The summed E-state index contributed by atoms with van der Waals surface area (Å²) < 4.78 is 1.67. The Morgan fingerprint density at radius 1 is 1.38 bits per heavy atom. The van der Waals surface area contributed by atoms with Crippen molar-refractivity contribution in [2.45, 2.75) is 44.7 Å². The van der Waals surface area contributed by atoms with E-state index < -0.39 is 5.91 Å². The number of hydrogen-bond acceptors (Lipinski definition) is 4. The molecule has 1 unspecified atom stereocenters. The lowest BCUT2D eigenvalue weighted by Gasteiger charge is -2.29. The number of nitrogens with one attached hydrogen (secondary N) is 1. The summed E-state index contributed by atoms with van der Waals surface area (Å²) in [4.78, 5) is 28.0. The zero-order valence-electron chi connectivity index (χ0n) is 13.5. The third kappa shape index (κ3) is 4.03. The van der Waals surface area contributed by atoms with Gasteiger partial charge in [-0.3, -0.25) is 9.59 Å². The van der Waals surface area contributed by atoms with Crippen molar-refractivity contribution in [3.05, 3.63) is 40.6 Å². The Bertz CT molecular complexity index is 689. The summed E-state index contributed by atoms with van der Waals surface area (Å²) >= 11 is 1.51. The molecule has 2 amide bonds. The van der Waals surface area contributed by atoms with Gasteiger partial charge in [0.25, 0.3) is 5.91 Å². The van der Waals surface area contributed by atoms with E-state index in [9.17, 15) is 9.59 Å². The van der Waals surface area contributed by atoms with Crippen LogP contribution in [0, 0.1) is 5.92 Å². The average Bonchev–Trinajstić information content (AvgIpc) is 3.24. The zero-order chi connectivity index (χ0) is 16.9. The molecule has 128 valence electrons. The highest BCUT2D eigenvalue weighted by Gasteiger charge is 2.28. The number of nitrogens with two attached hydrogens (primary N) is 1. The zero-order valence-corrected chi connectivity index (χ0v) is 14.3. The normalized spacial score (nSPS) is 16.7. The van der Waals surface area contributed by atoms with Gasteiger partial charge in [-0.15, -0.1) is 0 Å². The first kappa shape index (κ1) is 16.7. The average molecular weight is 346 g/mol. The van der Waals surface area contributed by atoms with Crippen molar-refractivity contribution in [1.82, 2.24) is 14.9 Å². The topological polar surface area (TPSA) is 90.0 Å². The van der Waals surface area contributed by atoms with Crippen molar-refractivity contribution in [2.24, 2.45) is 11.7 Å². The molecule has 2 aromatic heterocycles. The van der Waals surface area contributed by atoms with Crippen LogP contribution in [0.2, 0.25) is 0 Å². The summed E-state index contributed by atoms with van der Waals surface area (Å²) in [7, 11) is 0. The van der Waals surface area contributed by atoms with Crippen LogP contribution in [0.1, 0.15) is 54.2 Å². The Morgan fingerprint density at radius 2 is 2.17 bits per heavy atom. The van der Waals surface area contributed by atoms with Gasteiger partial charge in [0.05, 0.1) is 23.6 Å². The van der Waals surface area contributed by atoms with Crippen LogP contribution < -0.4 is 11.1 Å². The van der Waals surface area contributed by atoms with E-state index in [4.69, 9.17) is 5.73 Å². The molecule has 1 aliphatic carbocycles. The number of primary amides is 1. The molecule has 1 aliphatic rings. The van der Waals surface area contributed by atoms with Gasteiger partial charge in [-0.1, -0.05) is 19.3 Å². The maximum atomic E-state index is 12.5. The highest BCUT2D eigenvalue weighted by Crippen LogP contribution is 2.34. The number of amides is 2. The first-order valence-electron chi connectivity index (χ1n) is 8.26. The lowest BCUT2D eigenvalue weighted by atomic mass is 9.82. The van der Waals surface area contributed by atoms with Crippen molar-refractivity contribution < 1.29 is 9.59 Å². The maximum Gasteiger partial charge on any atom is 0.252 e. The number of carbonyl (C=O) groups is 2. The largest absolute Gasteiger partial charge is 0.368 e. The molecule has 2 heterocycles. The molecule has 1 fully saturated rings. The van der Waals surface area contributed by atoms with Crippen molar-refractivity contribution in [3.8, 4) is 0 Å². The fraction of sp³-hybridized carbons (Fsp3) is 0.471. The molecule has 1 saturated carbocycles. The third-order valence-electron chi connectivity index (χ3n) is 4.50. The van der Waals surface area contributed by atoms with Gasteiger partial charge in [-0.2, -0.15) is 11.3 Å². The van der Waals surface area contributed by atoms with Gasteiger partial charge >= 0.3 is 0 Å². The lowest BCUT2D eigenvalue weighted by Crippen LogP contribution is -2.34. The van der Waals surface area contributed by atoms with Crippen LogP contribution in [0.5, 0.6) is 0 Å². The molecule has 3 N–H and O–H groups in total. The monoisotopic (exact) mass is 346 g/mol. The van der Waals surface area contributed by atoms with Crippen LogP contribution >= 0.6 is 11.3 Å². The summed E-state index contributed by atoms with van der Waals surface area (Å²) in [5, 5.41) is 6.89. The Labute approximate surface area is 145 Å². The number of nitrogens with zero attached hydrogens (tertiary/aromatic N) is 2. The minimum absolute atomic E-state index is 0.0729. The van der Waals surface area contributed by atoms with E-state index >= 15 is 0 Å². The summed E-state index contributed by atoms with van der Waals surface area (Å²) in [6.07, 6.45) is 9.19. The first-order valence-corrected chi connectivity index (χ1v) is 9.21. The van der Waals surface area contributed by atoms with Crippen molar-refractivity contribution in [2.75, 3.05) is 0 Å². The fourth-order valence-electron chi connectivity index (χ4n) is 3.32. The van der Waals surface area contributed by atoms with Crippen LogP contribution in [0.15, 0.2) is 29.4 Å². The van der Waals surface area contributed by atoms with Crippen LogP contribution in [-0.4, -0.2) is 21.4 Å². The predicted molar refractivity (Wildman–Crippen MR) is 92.5 cm³/mol. The molecule has 0 saturated heterocycles. The Morgan fingerprint density at radius 3 is 2.83 bits per heavy atom. The van der Waals surface area contributed by atoms with E-state index in [1.807, 2.05) is 23.0 Å². The van der Waals surface area contributed by atoms with E-state index in [1.54, 1.807) is 10.9 Å². The summed E-state index contributed by atoms with van der Waals surface area (Å²) in [6.45, 7) is 0.100. The molecular formula is C17H22N4O2S. The second kappa shape index (κ2) is 7.61. The van der Waals surface area contributed by atoms with E-state index in [0.717, 1.165) is 18.5 Å². The molecule has 0 aromatic carbocycles. The van der Waals surface area contributed by atoms with Gasteiger partial charge in [-0.05, 0) is 30.2 Å². The third-order valence-corrected chi connectivity index (χ3v) is 5.18. The highest BCUT2D eigenvalue weighted by atomic mass is 32.1. The van der Waals surface area contributed by atoms with Gasteiger partial charge in [0.15, 0.2) is 0 Å². The summed E-state index contributed by atoms with van der Waals surface area (Å²) in [6, 6.07) is 1.69. The quantitative estimate of drug-likeness (QED) is 0.842. The molecule has 0 bridgehead atoms. The summed E-state index contributed by atoms with van der Waals surface area (Å²) in [5.41, 5.74) is 6.72. The summed E-state index contributed by atoms with van der Waals surface area (Å²) in [5.74, 6) is -0.106. The number of carbonyl (C=O) groups excluding carboxylic acids is 2. The molecule has 0 aliphatic heterocycles. The highest BCUT2D eigenvalue weighted by molar-refractivity contribution is 7.08. The van der Waals surface area contributed by atoms with Crippen LogP contribution in [0.25, 0.3) is 0 Å². The molecule has 7 heteroatoms. The molecule has 1 atom stereocenters. The van der Waals surface area contributed by atoms with Crippen molar-refractivity contribution in [1.29, 1.82) is 0 Å². The van der Waals surface area contributed by atoms with E-state index in [2.05, 4.69) is 10.3 Å². The minimum Gasteiger partial charge on any atom is -0.368 e. The van der Waals surface area contributed by atoms with Gasteiger partial charge in [0.2, 0.25) is 5.91 Å². The number of hydrogen-bond donors (Lipinski definition) is 2. The predicted octanol–water partition coefficient (Wildman–Crippen LogP) is 2.48. The molecular weight excluding hydrogens is 324 g/mol.